The van der Waals surface area contributed by atoms with E-state index >= 15 is 0 Å². The predicted octanol–water partition coefficient (Wildman–Crippen LogP) is 2.60. The number of ether oxygens (including phenoxy) is 2. The van der Waals surface area contributed by atoms with Crippen LogP contribution < -0.4 is 14.8 Å². The van der Waals surface area contributed by atoms with Crippen molar-refractivity contribution in [1.29, 1.82) is 0 Å². The molecule has 0 aliphatic rings. The van der Waals surface area contributed by atoms with Gasteiger partial charge in [0.2, 0.25) is 11.8 Å². The number of nitrogens with one attached hydrogen (secondary N) is 1. The number of aromatic nitrogens is 3. The van der Waals surface area contributed by atoms with Crippen LogP contribution in [0, 0.1) is 6.92 Å². The molecule has 0 spiro atoms. The van der Waals surface area contributed by atoms with Crippen molar-refractivity contribution in [3.8, 4) is 11.8 Å². The second-order valence-electron chi connectivity index (χ2n) is 5.05. The summed E-state index contributed by atoms with van der Waals surface area (Å²) in [6.07, 6.45) is 3.00. The molecule has 1 amide bonds. The topological polar surface area (TPSA) is 86.2 Å². The first-order chi connectivity index (χ1) is 11.7. The molecule has 1 N–H and O–H groups in total. The fourth-order valence-electron chi connectivity index (χ4n) is 2.47. The molecule has 24 heavy (non-hydrogen) atoms. The quantitative estimate of drug-likeness (QED) is 0.794. The van der Waals surface area contributed by atoms with Crippen molar-refractivity contribution in [1.82, 2.24) is 15.0 Å². The van der Waals surface area contributed by atoms with Gasteiger partial charge in [0.25, 0.3) is 5.91 Å². The van der Waals surface area contributed by atoms with Crippen molar-refractivity contribution in [2.45, 2.75) is 6.92 Å². The lowest BCUT2D eigenvalue weighted by atomic mass is 10.1. The Morgan fingerprint density at radius 3 is 2.42 bits per heavy atom. The minimum atomic E-state index is -0.418. The van der Waals surface area contributed by atoms with E-state index in [0.29, 0.717) is 5.69 Å². The van der Waals surface area contributed by atoms with Crippen molar-refractivity contribution < 1.29 is 14.3 Å². The van der Waals surface area contributed by atoms with Gasteiger partial charge in [-0.1, -0.05) is 6.07 Å². The van der Waals surface area contributed by atoms with Gasteiger partial charge in [-0.2, -0.15) is 0 Å². The third-order valence-corrected chi connectivity index (χ3v) is 3.61. The van der Waals surface area contributed by atoms with Gasteiger partial charge in [-0.15, -0.1) is 0 Å². The molecule has 0 bridgehead atoms. The zero-order chi connectivity index (χ0) is 17.1. The highest BCUT2D eigenvalue weighted by Gasteiger charge is 2.21. The molecule has 0 radical (unpaired) electrons. The van der Waals surface area contributed by atoms with Gasteiger partial charge in [-0.25, -0.2) is 9.97 Å². The minimum absolute atomic E-state index is 0.139. The van der Waals surface area contributed by atoms with Gasteiger partial charge in [0.1, 0.15) is 6.33 Å². The Labute approximate surface area is 138 Å². The molecular weight excluding hydrogens is 308 g/mol. The first-order valence-electron chi connectivity index (χ1n) is 7.24. The standard InChI is InChI=1S/C17H16N4O3/c1-10-6-7-12(11-5-4-8-18-14(10)11)21-15(22)13-16(23-2)19-9-20-17(13)24-3/h4-9H,1-3H3,(H,21,22). The Kier molecular flexibility index (Phi) is 4.24. The van der Waals surface area contributed by atoms with Crippen LogP contribution in [-0.4, -0.2) is 35.1 Å². The summed E-state index contributed by atoms with van der Waals surface area (Å²) in [6.45, 7) is 1.97. The van der Waals surface area contributed by atoms with Crippen LogP contribution in [0.4, 0.5) is 5.69 Å². The van der Waals surface area contributed by atoms with Crippen molar-refractivity contribution in [3.63, 3.8) is 0 Å². The molecule has 3 rings (SSSR count). The summed E-state index contributed by atoms with van der Waals surface area (Å²) in [7, 11) is 2.87. The van der Waals surface area contributed by atoms with Crippen LogP contribution in [0.1, 0.15) is 15.9 Å². The lowest BCUT2D eigenvalue weighted by Gasteiger charge is -2.13. The second-order valence-corrected chi connectivity index (χ2v) is 5.05. The van der Waals surface area contributed by atoms with Crippen molar-refractivity contribution in [2.75, 3.05) is 19.5 Å². The molecule has 2 aromatic heterocycles. The summed E-state index contributed by atoms with van der Waals surface area (Å²) in [5, 5.41) is 3.71. The Balaban J connectivity index is 2.04. The molecule has 7 nitrogen and oxygen atoms in total. The number of pyridine rings is 1. The summed E-state index contributed by atoms with van der Waals surface area (Å²) >= 11 is 0. The highest BCUT2D eigenvalue weighted by atomic mass is 16.5. The van der Waals surface area contributed by atoms with Gasteiger partial charge in [-0.05, 0) is 30.7 Å². The van der Waals surface area contributed by atoms with Gasteiger partial charge >= 0.3 is 0 Å². The van der Waals surface area contributed by atoms with Gasteiger partial charge < -0.3 is 14.8 Å². The van der Waals surface area contributed by atoms with Crippen LogP contribution in [0.5, 0.6) is 11.8 Å². The van der Waals surface area contributed by atoms with E-state index in [1.54, 1.807) is 6.20 Å². The maximum atomic E-state index is 12.7. The minimum Gasteiger partial charge on any atom is -0.480 e. The average molecular weight is 324 g/mol. The third kappa shape index (κ3) is 2.71. The smallest absolute Gasteiger partial charge is 0.266 e. The number of nitrogens with zero attached hydrogens (tertiary/aromatic N) is 3. The number of fused-ring (bicyclic) bond motifs is 1. The van der Waals surface area contributed by atoms with Crippen LogP contribution in [0.3, 0.4) is 0 Å². The molecule has 1 aromatic carbocycles. The first-order valence-corrected chi connectivity index (χ1v) is 7.24. The maximum absolute atomic E-state index is 12.7. The molecule has 122 valence electrons. The highest BCUT2D eigenvalue weighted by Crippen LogP contribution is 2.28. The zero-order valence-electron chi connectivity index (χ0n) is 13.5. The lowest BCUT2D eigenvalue weighted by Crippen LogP contribution is -2.16. The number of aryl methyl sites for hydroxylation is 1. The van der Waals surface area contributed by atoms with Crippen molar-refractivity contribution in [3.05, 3.63) is 47.9 Å². The zero-order valence-corrected chi connectivity index (χ0v) is 13.5. The molecule has 0 aliphatic heterocycles. The van der Waals surface area contributed by atoms with Gasteiger partial charge in [-0.3, -0.25) is 9.78 Å². The molecule has 3 aromatic rings. The first kappa shape index (κ1) is 15.7. The van der Waals surface area contributed by atoms with Crippen LogP contribution in [0.15, 0.2) is 36.8 Å². The van der Waals surface area contributed by atoms with Crippen LogP contribution in [-0.2, 0) is 0 Å². The third-order valence-electron chi connectivity index (χ3n) is 3.61. The van der Waals surface area contributed by atoms with Crippen molar-refractivity contribution in [2.24, 2.45) is 0 Å². The van der Waals surface area contributed by atoms with Crippen LogP contribution in [0.25, 0.3) is 10.9 Å². The van der Waals surface area contributed by atoms with Gasteiger partial charge in [0.05, 0.1) is 25.4 Å². The SMILES string of the molecule is COc1ncnc(OC)c1C(=O)Nc1ccc(C)c2ncccc12. The molecule has 7 heteroatoms. The number of benzene rings is 1. The lowest BCUT2D eigenvalue weighted by molar-refractivity contribution is 0.101. The summed E-state index contributed by atoms with van der Waals surface area (Å²) in [5.41, 5.74) is 2.64. The van der Waals surface area contributed by atoms with E-state index in [1.807, 2.05) is 31.2 Å². The van der Waals surface area contributed by atoms with E-state index in [4.69, 9.17) is 9.47 Å². The largest absolute Gasteiger partial charge is 0.480 e. The van der Waals surface area contributed by atoms with E-state index in [1.165, 1.54) is 20.5 Å². The molecule has 0 atom stereocenters. The normalized spacial score (nSPS) is 10.5. The second kappa shape index (κ2) is 6.49. The van der Waals surface area contributed by atoms with Crippen LogP contribution >= 0.6 is 0 Å². The summed E-state index contributed by atoms with van der Waals surface area (Å²) < 4.78 is 10.3. The number of hydrogen-bond donors (Lipinski definition) is 1. The molecule has 0 aliphatic carbocycles. The van der Waals surface area contributed by atoms with Crippen molar-refractivity contribution >= 4 is 22.5 Å². The number of amides is 1. The van der Waals surface area contributed by atoms with E-state index in [0.717, 1.165) is 16.5 Å². The molecular formula is C17H16N4O3. The number of hydrogen-bond acceptors (Lipinski definition) is 6. The Bertz CT molecular complexity index is 889. The molecule has 0 saturated carbocycles. The number of rotatable bonds is 4. The maximum Gasteiger partial charge on any atom is 0.266 e. The number of carbonyl (C=O) groups is 1. The molecule has 0 fully saturated rings. The molecule has 0 saturated heterocycles. The average Bonchev–Trinajstić information content (AvgIpc) is 2.63. The Morgan fingerprint density at radius 2 is 1.75 bits per heavy atom. The number of methoxy groups -OCH3 is 2. The highest BCUT2D eigenvalue weighted by molar-refractivity contribution is 6.11. The fourth-order valence-corrected chi connectivity index (χ4v) is 2.47. The summed E-state index contributed by atoms with van der Waals surface area (Å²) in [6, 6.07) is 7.46. The monoisotopic (exact) mass is 324 g/mol. The Morgan fingerprint density at radius 1 is 1.04 bits per heavy atom. The summed E-state index contributed by atoms with van der Waals surface area (Å²) in [4.78, 5) is 25.0. The van der Waals surface area contributed by atoms with Crippen LogP contribution in [0.2, 0.25) is 0 Å². The Hall–Kier alpha value is -3.22. The fraction of sp³-hybridized carbons (Fsp3) is 0.176. The van der Waals surface area contributed by atoms with E-state index < -0.39 is 5.91 Å². The van der Waals surface area contributed by atoms with E-state index in [9.17, 15) is 4.79 Å². The summed E-state index contributed by atoms with van der Waals surface area (Å²) in [5.74, 6) is -0.124. The van der Waals surface area contributed by atoms with Gasteiger partial charge in [0, 0.05) is 11.6 Å². The number of anilines is 1. The molecule has 0 unspecified atom stereocenters. The predicted molar refractivity (Wildman–Crippen MR) is 89.6 cm³/mol. The van der Waals surface area contributed by atoms with E-state index in [-0.39, 0.29) is 17.3 Å². The van der Waals surface area contributed by atoms with Gasteiger partial charge in [0.15, 0.2) is 5.56 Å². The molecule has 2 heterocycles. The van der Waals surface area contributed by atoms with E-state index in [2.05, 4.69) is 20.3 Å². The number of carbonyl (C=O) groups excluding carboxylic acids is 1.